The molecule has 0 unspecified atom stereocenters. The molecule has 4 rings (SSSR count). The number of carbonyl (C=O) groups excluding carboxylic acids is 1. The van der Waals surface area contributed by atoms with E-state index in [0.29, 0.717) is 37.7 Å². The van der Waals surface area contributed by atoms with Gasteiger partial charge in [-0.3, -0.25) is 9.59 Å². The fourth-order valence-corrected chi connectivity index (χ4v) is 5.68. The van der Waals surface area contributed by atoms with Crippen molar-refractivity contribution >= 4 is 12.0 Å². The first-order valence-corrected chi connectivity index (χ1v) is 14.1. The normalized spacial score (nSPS) is 20.6. The Morgan fingerprint density at radius 3 is 2.49 bits per heavy atom. The van der Waals surface area contributed by atoms with Gasteiger partial charge < -0.3 is 38.8 Å². The lowest BCUT2D eigenvalue weighted by molar-refractivity contribution is -0.159. The number of carbonyl (C=O) groups is 2. The maximum Gasteiger partial charge on any atom is 0.407 e. The van der Waals surface area contributed by atoms with Crippen molar-refractivity contribution in [3.8, 4) is 5.75 Å². The number of nitrogens with one attached hydrogen (secondary N) is 1. The summed E-state index contributed by atoms with van der Waals surface area (Å²) < 4.78 is 22.4. The fourth-order valence-electron chi connectivity index (χ4n) is 5.68. The Balaban J connectivity index is 1.67. The summed E-state index contributed by atoms with van der Waals surface area (Å²) in [6.45, 7) is 2.01. The third-order valence-electron chi connectivity index (χ3n) is 7.94. The minimum absolute atomic E-state index is 0.0273. The van der Waals surface area contributed by atoms with Crippen molar-refractivity contribution in [1.29, 1.82) is 0 Å². The summed E-state index contributed by atoms with van der Waals surface area (Å²) in [5.41, 5.74) is 1.13. The second-order valence-electron chi connectivity index (χ2n) is 10.7. The van der Waals surface area contributed by atoms with Crippen molar-refractivity contribution in [2.75, 3.05) is 54.2 Å². The van der Waals surface area contributed by atoms with Gasteiger partial charge in [0.25, 0.3) is 0 Å². The molecule has 1 aliphatic carbocycles. The van der Waals surface area contributed by atoms with Crippen molar-refractivity contribution < 1.29 is 33.6 Å². The second kappa shape index (κ2) is 14.0. The average molecular weight is 572 g/mol. The zero-order valence-corrected chi connectivity index (χ0v) is 24.1. The van der Waals surface area contributed by atoms with Crippen LogP contribution in [-0.2, 0) is 37.6 Å². The van der Waals surface area contributed by atoms with E-state index in [9.17, 15) is 19.5 Å². The first-order valence-electron chi connectivity index (χ1n) is 14.1. The zero-order valence-electron chi connectivity index (χ0n) is 24.1. The summed E-state index contributed by atoms with van der Waals surface area (Å²) in [4.78, 5) is 44.4. The fraction of sp³-hybridized carbons (Fsp3) is 0.567. The van der Waals surface area contributed by atoms with E-state index in [1.807, 2.05) is 17.0 Å². The number of ether oxygens (including phenoxy) is 4. The number of hydrogen-bond acceptors (Lipinski definition) is 7. The van der Waals surface area contributed by atoms with Crippen LogP contribution in [0.3, 0.4) is 0 Å². The highest BCUT2D eigenvalue weighted by molar-refractivity contribution is 5.82. The molecule has 2 amide bonds. The summed E-state index contributed by atoms with van der Waals surface area (Å²) in [5.74, 6) is -0.311. The van der Waals surface area contributed by atoms with Crippen LogP contribution in [0.15, 0.2) is 41.3 Å². The number of likely N-dealkylation sites (tertiary alicyclic amines) is 1. The second-order valence-corrected chi connectivity index (χ2v) is 10.7. The molecule has 11 nitrogen and oxygen atoms in total. The molecule has 11 heteroatoms. The Hall–Kier alpha value is -3.41. The van der Waals surface area contributed by atoms with Gasteiger partial charge in [-0.1, -0.05) is 6.07 Å². The van der Waals surface area contributed by atoms with Crippen LogP contribution in [0.5, 0.6) is 5.75 Å². The van der Waals surface area contributed by atoms with E-state index < -0.39 is 17.6 Å². The topological polar surface area (TPSA) is 131 Å². The Bertz CT molecular complexity index is 1220. The Morgan fingerprint density at radius 1 is 1.07 bits per heavy atom. The molecule has 0 bridgehead atoms. The summed E-state index contributed by atoms with van der Waals surface area (Å²) in [7, 11) is 4.82. The highest BCUT2D eigenvalue weighted by Crippen LogP contribution is 2.43. The van der Waals surface area contributed by atoms with Gasteiger partial charge in [0.15, 0.2) is 0 Å². The van der Waals surface area contributed by atoms with Crippen molar-refractivity contribution in [1.82, 2.24) is 14.8 Å². The number of amides is 2. The van der Waals surface area contributed by atoms with Crippen LogP contribution in [0.25, 0.3) is 0 Å². The van der Waals surface area contributed by atoms with E-state index in [4.69, 9.17) is 18.9 Å². The van der Waals surface area contributed by atoms with Gasteiger partial charge >= 0.3 is 6.09 Å². The maximum absolute atomic E-state index is 14.5. The Labute approximate surface area is 240 Å². The van der Waals surface area contributed by atoms with Crippen molar-refractivity contribution in [3.63, 3.8) is 0 Å². The van der Waals surface area contributed by atoms with E-state index in [1.54, 1.807) is 20.3 Å². The van der Waals surface area contributed by atoms with Crippen LogP contribution < -0.4 is 10.3 Å². The van der Waals surface area contributed by atoms with Crippen LogP contribution in [0.4, 0.5) is 4.79 Å². The molecule has 2 heterocycles. The van der Waals surface area contributed by atoms with Gasteiger partial charge in [-0.2, -0.15) is 0 Å². The summed E-state index contributed by atoms with van der Waals surface area (Å²) in [6.07, 6.45) is 4.09. The lowest BCUT2D eigenvalue weighted by Crippen LogP contribution is -2.58. The molecule has 0 spiro atoms. The van der Waals surface area contributed by atoms with E-state index in [2.05, 4.69) is 11.1 Å². The van der Waals surface area contributed by atoms with Crippen LogP contribution in [0, 0.1) is 5.92 Å². The molecule has 2 aromatic rings. The van der Waals surface area contributed by atoms with Crippen molar-refractivity contribution in [2.45, 2.75) is 50.3 Å². The Kier molecular flexibility index (Phi) is 10.4. The van der Waals surface area contributed by atoms with E-state index in [-0.39, 0.29) is 37.0 Å². The average Bonchev–Trinajstić information content (AvgIpc) is 3.81. The molecule has 2 fully saturated rings. The molecule has 1 aromatic heterocycles. The van der Waals surface area contributed by atoms with Gasteiger partial charge in [-0.25, -0.2) is 4.79 Å². The first kappa shape index (κ1) is 30.5. The molecule has 1 aromatic carbocycles. The number of pyridine rings is 1. The molecule has 1 saturated heterocycles. The highest BCUT2D eigenvalue weighted by atomic mass is 16.5. The lowest BCUT2D eigenvalue weighted by Gasteiger charge is -2.47. The van der Waals surface area contributed by atoms with E-state index >= 15 is 0 Å². The molecule has 0 radical (unpaired) electrons. The number of carboxylic acid groups (broad SMARTS) is 1. The molecule has 224 valence electrons. The molecule has 2 aliphatic rings. The molecule has 2 atom stereocenters. The smallest absolute Gasteiger partial charge is 0.407 e. The molecule has 1 aliphatic heterocycles. The highest BCUT2D eigenvalue weighted by Gasteiger charge is 2.52. The monoisotopic (exact) mass is 571 g/mol. The molecule has 2 N–H and O–H groups in total. The predicted molar refractivity (Wildman–Crippen MR) is 151 cm³/mol. The molecule has 1 saturated carbocycles. The quantitative estimate of drug-likeness (QED) is 0.331. The SMILES string of the molecule is COCCCc1cc(CN(C(=O)[C@H]2CN(C(=O)O)CC[C@]2(OC)c2cc[nH]c(=O)c2)C2CC2)cc(OCCOC)c1. The number of piperidine rings is 1. The summed E-state index contributed by atoms with van der Waals surface area (Å²) >= 11 is 0. The minimum Gasteiger partial charge on any atom is -0.491 e. The third-order valence-corrected chi connectivity index (χ3v) is 7.94. The van der Waals surface area contributed by atoms with Gasteiger partial charge in [0.05, 0.1) is 12.5 Å². The molecule has 41 heavy (non-hydrogen) atoms. The molecular formula is C30H41N3O8. The van der Waals surface area contributed by atoms with E-state index in [1.165, 1.54) is 24.3 Å². The number of methoxy groups -OCH3 is 3. The Morgan fingerprint density at radius 2 is 1.83 bits per heavy atom. The van der Waals surface area contributed by atoms with Crippen LogP contribution in [0.2, 0.25) is 0 Å². The largest absolute Gasteiger partial charge is 0.491 e. The maximum atomic E-state index is 14.5. The van der Waals surface area contributed by atoms with Gasteiger partial charge in [-0.15, -0.1) is 0 Å². The predicted octanol–water partition coefficient (Wildman–Crippen LogP) is 3.01. The van der Waals surface area contributed by atoms with Crippen LogP contribution >= 0.6 is 0 Å². The number of rotatable bonds is 14. The number of aromatic nitrogens is 1. The van der Waals surface area contributed by atoms with Crippen molar-refractivity contribution in [2.24, 2.45) is 5.92 Å². The van der Waals surface area contributed by atoms with Crippen molar-refractivity contribution in [3.05, 3.63) is 63.6 Å². The van der Waals surface area contributed by atoms with Gasteiger partial charge in [0, 0.05) is 65.9 Å². The van der Waals surface area contributed by atoms with Crippen LogP contribution in [-0.4, -0.2) is 92.2 Å². The number of H-pyrrole nitrogens is 1. The summed E-state index contributed by atoms with van der Waals surface area (Å²) in [6, 6.07) is 9.26. The standard InChI is InChI=1S/C30H41N3O8/c1-38-12-4-5-21-15-22(17-25(16-21)41-14-13-39-2)19-33(24-6-7-24)28(35)26-20-32(29(36)37)11-9-30(26,40-3)23-8-10-31-27(34)18-23/h8,10,15-18,24,26H,4-7,9,11-14,19-20H2,1-3H3,(H,31,34)(H,36,37)/t26-,30+/m1/s1. The number of nitrogens with zero attached hydrogens (tertiary/aromatic N) is 2. The lowest BCUT2D eigenvalue weighted by atomic mass is 9.75. The van der Waals surface area contributed by atoms with Gasteiger partial charge in [0.1, 0.15) is 18.0 Å². The molecular weight excluding hydrogens is 530 g/mol. The minimum atomic E-state index is -1.14. The van der Waals surface area contributed by atoms with Gasteiger partial charge in [0.2, 0.25) is 11.5 Å². The third kappa shape index (κ3) is 7.46. The number of aromatic amines is 1. The number of aryl methyl sites for hydroxylation is 1. The zero-order chi connectivity index (χ0) is 29.4. The van der Waals surface area contributed by atoms with Crippen LogP contribution in [0.1, 0.15) is 42.4 Å². The number of hydrogen-bond donors (Lipinski definition) is 2. The number of benzene rings is 1. The van der Waals surface area contributed by atoms with Gasteiger partial charge in [-0.05, 0) is 67.0 Å². The summed E-state index contributed by atoms with van der Waals surface area (Å²) in [5, 5.41) is 9.80. The van der Waals surface area contributed by atoms with E-state index in [0.717, 1.165) is 36.8 Å². The first-order chi connectivity index (χ1) is 19.8.